The van der Waals surface area contributed by atoms with Gasteiger partial charge < -0.3 is 19.9 Å². The molecule has 1 atom stereocenters. The van der Waals surface area contributed by atoms with E-state index < -0.39 is 12.0 Å². The quantitative estimate of drug-likeness (QED) is 0.596. The Kier molecular flexibility index (Phi) is 5.44. The van der Waals surface area contributed by atoms with Gasteiger partial charge >= 0.3 is 12.0 Å². The summed E-state index contributed by atoms with van der Waals surface area (Å²) in [6.45, 7) is 2.03. The molecule has 2 amide bonds. The van der Waals surface area contributed by atoms with Crippen LogP contribution < -0.4 is 10.6 Å². The zero-order chi connectivity index (χ0) is 17.8. The number of thioether (sulfide) groups is 1. The monoisotopic (exact) mass is 378 g/mol. The van der Waals surface area contributed by atoms with Gasteiger partial charge in [0.05, 0.1) is 18.2 Å². The van der Waals surface area contributed by atoms with E-state index in [1.54, 1.807) is 13.1 Å². The molecule has 132 valence electrons. The molecular formula is C16H18N4O3S2. The molecule has 0 aliphatic carbocycles. The Morgan fingerprint density at radius 3 is 3.00 bits per heavy atom. The van der Waals surface area contributed by atoms with Gasteiger partial charge in [-0.05, 0) is 18.4 Å². The van der Waals surface area contributed by atoms with Gasteiger partial charge in [0.15, 0.2) is 5.16 Å². The fourth-order valence-electron chi connectivity index (χ4n) is 2.48. The van der Waals surface area contributed by atoms with E-state index in [1.165, 1.54) is 23.1 Å². The predicted molar refractivity (Wildman–Crippen MR) is 96.3 cm³/mol. The molecule has 0 unspecified atom stereocenters. The van der Waals surface area contributed by atoms with Gasteiger partial charge in [-0.3, -0.25) is 0 Å². The van der Waals surface area contributed by atoms with Crippen molar-refractivity contribution < 1.29 is 14.3 Å². The molecule has 0 aromatic carbocycles. The SMILES string of the molecule is CCOC(=O)C1=C(CSc2nccn2C)NC(=O)N[C@@H]1c1cccs1. The number of hydrogen-bond acceptors (Lipinski definition) is 6. The summed E-state index contributed by atoms with van der Waals surface area (Å²) in [4.78, 5) is 29.8. The predicted octanol–water partition coefficient (Wildman–Crippen LogP) is 2.45. The van der Waals surface area contributed by atoms with Crippen molar-refractivity contribution in [1.82, 2.24) is 20.2 Å². The van der Waals surface area contributed by atoms with Crippen LogP contribution >= 0.6 is 23.1 Å². The van der Waals surface area contributed by atoms with Crippen LogP contribution in [0.5, 0.6) is 0 Å². The topological polar surface area (TPSA) is 85.2 Å². The highest BCUT2D eigenvalue weighted by molar-refractivity contribution is 7.99. The van der Waals surface area contributed by atoms with Crippen molar-refractivity contribution in [1.29, 1.82) is 0 Å². The van der Waals surface area contributed by atoms with Gasteiger partial charge in [-0.25, -0.2) is 14.6 Å². The van der Waals surface area contributed by atoms with E-state index in [2.05, 4.69) is 15.6 Å². The number of thiophene rings is 1. The third kappa shape index (κ3) is 3.88. The molecule has 1 aliphatic heterocycles. The maximum Gasteiger partial charge on any atom is 0.338 e. The van der Waals surface area contributed by atoms with Crippen LogP contribution in [0.15, 0.2) is 46.3 Å². The molecule has 0 bridgehead atoms. The minimum Gasteiger partial charge on any atom is -0.463 e. The number of imidazole rings is 1. The number of nitrogens with zero attached hydrogens (tertiary/aromatic N) is 2. The first kappa shape index (κ1) is 17.6. The van der Waals surface area contributed by atoms with Crippen LogP contribution in [0.4, 0.5) is 4.79 Å². The Balaban J connectivity index is 1.94. The van der Waals surface area contributed by atoms with Crippen LogP contribution in [0.1, 0.15) is 17.8 Å². The summed E-state index contributed by atoms with van der Waals surface area (Å²) < 4.78 is 7.11. The number of urea groups is 1. The molecule has 2 N–H and O–H groups in total. The van der Waals surface area contributed by atoms with E-state index in [4.69, 9.17) is 4.74 Å². The summed E-state index contributed by atoms with van der Waals surface area (Å²) in [5.74, 6) is -0.0160. The Hall–Kier alpha value is -2.26. The second-order valence-corrected chi connectivity index (χ2v) is 7.19. The van der Waals surface area contributed by atoms with E-state index in [0.717, 1.165) is 10.0 Å². The minimum atomic E-state index is -0.509. The highest BCUT2D eigenvalue weighted by atomic mass is 32.2. The molecule has 0 radical (unpaired) electrons. The molecule has 0 saturated heterocycles. The van der Waals surface area contributed by atoms with Gasteiger partial charge in [0.2, 0.25) is 0 Å². The Labute approximate surface area is 153 Å². The highest BCUT2D eigenvalue weighted by Crippen LogP contribution is 2.32. The van der Waals surface area contributed by atoms with Gasteiger partial charge in [-0.1, -0.05) is 17.8 Å². The number of aryl methyl sites for hydroxylation is 1. The molecular weight excluding hydrogens is 360 g/mol. The largest absolute Gasteiger partial charge is 0.463 e. The average molecular weight is 378 g/mol. The average Bonchev–Trinajstić information content (AvgIpc) is 3.24. The molecule has 2 aromatic heterocycles. The molecule has 0 spiro atoms. The zero-order valence-corrected chi connectivity index (χ0v) is 15.4. The van der Waals surface area contributed by atoms with Gasteiger partial charge in [0.25, 0.3) is 0 Å². The van der Waals surface area contributed by atoms with Gasteiger partial charge in [-0.2, -0.15) is 0 Å². The van der Waals surface area contributed by atoms with Crippen LogP contribution in [0.25, 0.3) is 0 Å². The van der Waals surface area contributed by atoms with Crippen LogP contribution in [0, 0.1) is 0 Å². The van der Waals surface area contributed by atoms with Crippen molar-refractivity contribution in [3.8, 4) is 0 Å². The molecule has 0 saturated carbocycles. The summed E-state index contributed by atoms with van der Waals surface area (Å²) in [7, 11) is 1.89. The summed E-state index contributed by atoms with van der Waals surface area (Å²) in [6, 6.07) is 2.94. The third-order valence-corrected chi connectivity index (χ3v) is 5.62. The van der Waals surface area contributed by atoms with Crippen molar-refractivity contribution in [3.63, 3.8) is 0 Å². The minimum absolute atomic E-state index is 0.271. The number of carbonyl (C=O) groups is 2. The number of esters is 1. The Morgan fingerprint density at radius 2 is 2.36 bits per heavy atom. The normalized spacial score (nSPS) is 17.2. The summed E-state index contributed by atoms with van der Waals surface area (Å²) in [5, 5.41) is 8.28. The molecule has 1 aliphatic rings. The number of hydrogen-bond donors (Lipinski definition) is 2. The molecule has 3 heterocycles. The maximum atomic E-state index is 12.6. The first-order valence-corrected chi connectivity index (χ1v) is 9.58. The van der Waals surface area contributed by atoms with E-state index in [-0.39, 0.29) is 12.6 Å². The number of carbonyl (C=O) groups excluding carboxylic acids is 2. The van der Waals surface area contributed by atoms with Crippen LogP contribution in [0.3, 0.4) is 0 Å². The lowest BCUT2D eigenvalue weighted by Gasteiger charge is -2.28. The fraction of sp³-hybridized carbons (Fsp3) is 0.312. The first-order chi connectivity index (χ1) is 12.1. The summed E-state index contributed by atoms with van der Waals surface area (Å²) in [6.07, 6.45) is 3.55. The Morgan fingerprint density at radius 1 is 1.52 bits per heavy atom. The van der Waals surface area contributed by atoms with Gasteiger partial charge in [-0.15, -0.1) is 11.3 Å². The smallest absolute Gasteiger partial charge is 0.338 e. The second-order valence-electron chi connectivity index (χ2n) is 5.27. The lowest BCUT2D eigenvalue weighted by molar-refractivity contribution is -0.139. The van der Waals surface area contributed by atoms with Crippen LogP contribution in [-0.4, -0.2) is 33.9 Å². The fourth-order valence-corrected chi connectivity index (χ4v) is 4.16. The zero-order valence-electron chi connectivity index (χ0n) is 13.8. The second kappa shape index (κ2) is 7.75. The number of nitrogens with one attached hydrogen (secondary N) is 2. The van der Waals surface area contributed by atoms with Gasteiger partial charge in [0.1, 0.15) is 0 Å². The van der Waals surface area contributed by atoms with Crippen molar-refractivity contribution >= 4 is 35.1 Å². The lowest BCUT2D eigenvalue weighted by Crippen LogP contribution is -2.46. The van der Waals surface area contributed by atoms with Gasteiger partial charge in [0, 0.05) is 35.8 Å². The van der Waals surface area contributed by atoms with E-state index >= 15 is 0 Å². The highest BCUT2D eigenvalue weighted by Gasteiger charge is 2.34. The molecule has 9 heteroatoms. The van der Waals surface area contributed by atoms with Crippen LogP contribution in [-0.2, 0) is 16.6 Å². The number of rotatable bonds is 6. The summed E-state index contributed by atoms with van der Waals surface area (Å²) in [5.41, 5.74) is 0.985. The lowest BCUT2D eigenvalue weighted by atomic mass is 10.0. The number of aromatic nitrogens is 2. The molecule has 25 heavy (non-hydrogen) atoms. The maximum absolute atomic E-state index is 12.6. The molecule has 0 fully saturated rings. The van der Waals surface area contributed by atoms with E-state index in [1.807, 2.05) is 35.3 Å². The molecule has 2 aromatic rings. The Bertz CT molecular complexity index is 798. The summed E-state index contributed by atoms with van der Waals surface area (Å²) >= 11 is 2.93. The van der Waals surface area contributed by atoms with Crippen molar-refractivity contribution in [2.45, 2.75) is 18.1 Å². The third-order valence-electron chi connectivity index (χ3n) is 3.60. The van der Waals surface area contributed by atoms with Crippen LogP contribution in [0.2, 0.25) is 0 Å². The van der Waals surface area contributed by atoms with Crippen molar-refractivity contribution in [2.24, 2.45) is 7.05 Å². The molecule has 3 rings (SSSR count). The van der Waals surface area contributed by atoms with Crippen molar-refractivity contribution in [3.05, 3.63) is 46.1 Å². The number of ether oxygens (including phenoxy) is 1. The number of amides is 2. The van der Waals surface area contributed by atoms with E-state index in [0.29, 0.717) is 17.0 Å². The van der Waals surface area contributed by atoms with E-state index in [9.17, 15) is 9.59 Å². The molecule has 7 nitrogen and oxygen atoms in total. The standard InChI is InChI=1S/C16H18N4O3S2/c1-3-23-14(21)12-10(9-25-16-17-6-7-20(16)2)18-15(22)19-13(12)11-5-4-8-24-11/h4-8,13H,3,9H2,1-2H3,(H2,18,19,22)/t13-/m1/s1. The first-order valence-electron chi connectivity index (χ1n) is 7.71. The van der Waals surface area contributed by atoms with Crippen molar-refractivity contribution in [2.75, 3.05) is 12.4 Å².